The van der Waals surface area contributed by atoms with Crippen LogP contribution in [0.4, 0.5) is 5.69 Å². The molecule has 2 aromatic carbocycles. The van der Waals surface area contributed by atoms with E-state index in [2.05, 4.69) is 10.1 Å². The lowest BCUT2D eigenvalue weighted by Gasteiger charge is -2.01. The number of hydrogen-bond donors (Lipinski definition) is 0. The summed E-state index contributed by atoms with van der Waals surface area (Å²) < 4.78 is 7.20. The number of non-ortho nitro benzene ring substituents is 1. The van der Waals surface area contributed by atoms with Crippen LogP contribution in [-0.4, -0.2) is 19.5 Å². The Kier molecular flexibility index (Phi) is 5.34. The third-order valence-electron chi connectivity index (χ3n) is 5.18. The van der Waals surface area contributed by atoms with Gasteiger partial charge in [-0.15, -0.1) is 0 Å². The van der Waals surface area contributed by atoms with Crippen LogP contribution in [0.25, 0.3) is 22.4 Å². The largest absolute Gasteiger partial charge is 0.457 e. The number of aromatic nitrogens is 3. The summed E-state index contributed by atoms with van der Waals surface area (Å²) >= 11 is 1.03. The predicted octanol–water partition coefficient (Wildman–Crippen LogP) is 3.13. The van der Waals surface area contributed by atoms with Gasteiger partial charge in [0.05, 0.1) is 4.92 Å². The SMILES string of the molecule is Cc1ccc(Cc2nn3c(=O)c(=Cc4ccc(-c5cccc([N+](=O)[O-])c5)o4)sc3nc2=O)cc1. The molecule has 0 spiro atoms. The van der Waals surface area contributed by atoms with Crippen LogP contribution >= 0.6 is 11.3 Å². The summed E-state index contributed by atoms with van der Waals surface area (Å²) in [6, 6.07) is 17.1. The molecule has 0 aliphatic carbocycles. The second-order valence-electron chi connectivity index (χ2n) is 7.65. The van der Waals surface area contributed by atoms with E-state index in [-0.39, 0.29) is 22.8 Å². The monoisotopic (exact) mass is 472 g/mol. The number of fused-ring (bicyclic) bond motifs is 1. The first-order valence-electron chi connectivity index (χ1n) is 10.2. The highest BCUT2D eigenvalue weighted by Gasteiger charge is 2.13. The molecule has 168 valence electrons. The minimum Gasteiger partial charge on any atom is -0.457 e. The molecule has 0 unspecified atom stereocenters. The van der Waals surface area contributed by atoms with Crippen LogP contribution in [0.15, 0.2) is 74.7 Å². The van der Waals surface area contributed by atoms with Gasteiger partial charge in [-0.05, 0) is 24.6 Å². The summed E-state index contributed by atoms with van der Waals surface area (Å²) in [5.41, 5.74) is 1.80. The van der Waals surface area contributed by atoms with E-state index >= 15 is 0 Å². The molecule has 5 rings (SSSR count). The molecule has 34 heavy (non-hydrogen) atoms. The van der Waals surface area contributed by atoms with Crippen LogP contribution in [0.2, 0.25) is 0 Å². The standard InChI is InChI=1S/C24H16N4O5S/c1-14-5-7-15(8-6-14)11-19-22(29)25-24-27(26-19)23(30)21(34-24)13-18-9-10-20(33-18)16-3-2-4-17(12-16)28(31)32/h2-10,12-13H,11H2,1H3. The summed E-state index contributed by atoms with van der Waals surface area (Å²) in [7, 11) is 0. The minimum atomic E-state index is -0.477. The maximum Gasteiger partial charge on any atom is 0.296 e. The molecule has 9 nitrogen and oxygen atoms in total. The zero-order chi connectivity index (χ0) is 23.8. The van der Waals surface area contributed by atoms with Crippen molar-refractivity contribution in [3.05, 3.63) is 119 Å². The lowest BCUT2D eigenvalue weighted by atomic mass is 10.1. The van der Waals surface area contributed by atoms with Gasteiger partial charge in [0, 0.05) is 30.2 Å². The normalized spacial score (nSPS) is 11.9. The first-order chi connectivity index (χ1) is 16.4. The van der Waals surface area contributed by atoms with Crippen LogP contribution < -0.4 is 15.7 Å². The fourth-order valence-electron chi connectivity index (χ4n) is 3.44. The summed E-state index contributed by atoms with van der Waals surface area (Å²) in [5, 5.41) is 15.3. The second-order valence-corrected chi connectivity index (χ2v) is 8.65. The van der Waals surface area contributed by atoms with Crippen LogP contribution in [0.3, 0.4) is 0 Å². The van der Waals surface area contributed by atoms with E-state index in [0.29, 0.717) is 21.6 Å². The molecule has 0 radical (unpaired) electrons. The average Bonchev–Trinajstić information content (AvgIpc) is 3.41. The zero-order valence-electron chi connectivity index (χ0n) is 17.8. The van der Waals surface area contributed by atoms with Crippen molar-refractivity contribution < 1.29 is 9.34 Å². The molecule has 0 saturated heterocycles. The van der Waals surface area contributed by atoms with Gasteiger partial charge in [-0.3, -0.25) is 19.7 Å². The van der Waals surface area contributed by atoms with Gasteiger partial charge in [-0.1, -0.05) is 53.3 Å². The molecule has 0 atom stereocenters. The average molecular weight is 472 g/mol. The smallest absolute Gasteiger partial charge is 0.296 e. The number of nitro benzene ring substituents is 1. The van der Waals surface area contributed by atoms with Gasteiger partial charge in [0.25, 0.3) is 16.8 Å². The number of nitrogens with zero attached hydrogens (tertiary/aromatic N) is 4. The second kappa shape index (κ2) is 8.49. The Hall–Kier alpha value is -4.44. The molecule has 5 aromatic rings. The lowest BCUT2D eigenvalue weighted by molar-refractivity contribution is -0.384. The molecular formula is C24H16N4O5S. The van der Waals surface area contributed by atoms with Crippen LogP contribution in [0.1, 0.15) is 22.6 Å². The van der Waals surface area contributed by atoms with E-state index < -0.39 is 16.0 Å². The Morgan fingerprint density at radius 3 is 2.68 bits per heavy atom. The van der Waals surface area contributed by atoms with Crippen molar-refractivity contribution in [2.75, 3.05) is 0 Å². The molecule has 0 N–H and O–H groups in total. The van der Waals surface area contributed by atoms with Gasteiger partial charge in [0.1, 0.15) is 21.7 Å². The van der Waals surface area contributed by atoms with E-state index in [1.165, 1.54) is 18.2 Å². The third-order valence-corrected chi connectivity index (χ3v) is 6.14. The molecule has 3 aromatic heterocycles. The minimum absolute atomic E-state index is 0.0470. The van der Waals surface area contributed by atoms with Gasteiger partial charge < -0.3 is 4.42 Å². The highest BCUT2D eigenvalue weighted by Crippen LogP contribution is 2.26. The van der Waals surface area contributed by atoms with E-state index in [4.69, 9.17) is 4.42 Å². The highest BCUT2D eigenvalue weighted by molar-refractivity contribution is 7.15. The molecule has 0 saturated carbocycles. The molecule has 0 aliphatic rings. The number of rotatable bonds is 5. The van der Waals surface area contributed by atoms with E-state index in [1.807, 2.05) is 31.2 Å². The van der Waals surface area contributed by atoms with Crippen LogP contribution in [0.5, 0.6) is 0 Å². The number of aryl methyl sites for hydroxylation is 1. The number of furan rings is 1. The van der Waals surface area contributed by atoms with Gasteiger partial charge in [-0.2, -0.15) is 14.6 Å². The Bertz CT molecular complexity index is 1720. The fourth-order valence-corrected chi connectivity index (χ4v) is 4.32. The number of hydrogen-bond acceptors (Lipinski definition) is 8. The maximum absolute atomic E-state index is 12.9. The van der Waals surface area contributed by atoms with Gasteiger partial charge in [-0.25, -0.2) is 0 Å². The number of thiazole rings is 1. The Labute approximate surface area is 195 Å². The molecule has 0 aliphatic heterocycles. The molecule has 0 fully saturated rings. The molecule has 0 amide bonds. The van der Waals surface area contributed by atoms with Crippen LogP contribution in [-0.2, 0) is 6.42 Å². The van der Waals surface area contributed by atoms with Crippen molar-refractivity contribution in [2.45, 2.75) is 13.3 Å². The van der Waals surface area contributed by atoms with Crippen molar-refractivity contribution in [3.8, 4) is 11.3 Å². The summed E-state index contributed by atoms with van der Waals surface area (Å²) in [6.45, 7) is 1.98. The van der Waals surface area contributed by atoms with Crippen LogP contribution in [0, 0.1) is 17.0 Å². The van der Waals surface area contributed by atoms with E-state index in [0.717, 1.165) is 27.0 Å². The topological polar surface area (TPSA) is 121 Å². The summed E-state index contributed by atoms with van der Waals surface area (Å²) in [4.78, 5) is 40.1. The van der Waals surface area contributed by atoms with Crippen molar-refractivity contribution >= 4 is 28.1 Å². The fraction of sp³-hybridized carbons (Fsp3) is 0.0833. The molecule has 0 bridgehead atoms. The number of benzene rings is 2. The molecular weight excluding hydrogens is 456 g/mol. The van der Waals surface area contributed by atoms with Crippen molar-refractivity contribution in [1.82, 2.24) is 14.6 Å². The first-order valence-corrected chi connectivity index (χ1v) is 11.0. The zero-order valence-corrected chi connectivity index (χ0v) is 18.6. The summed E-state index contributed by atoms with van der Waals surface area (Å²) in [5.74, 6) is 0.808. The van der Waals surface area contributed by atoms with Crippen molar-refractivity contribution in [1.29, 1.82) is 0 Å². The lowest BCUT2D eigenvalue weighted by Crippen LogP contribution is -2.28. The molecule has 10 heteroatoms. The van der Waals surface area contributed by atoms with E-state index in [9.17, 15) is 19.7 Å². The first kappa shape index (κ1) is 21.4. The predicted molar refractivity (Wildman–Crippen MR) is 127 cm³/mol. The Morgan fingerprint density at radius 1 is 1.12 bits per heavy atom. The number of nitro groups is 1. The van der Waals surface area contributed by atoms with Crippen molar-refractivity contribution in [3.63, 3.8) is 0 Å². The van der Waals surface area contributed by atoms with Gasteiger partial charge in [0.15, 0.2) is 0 Å². The Morgan fingerprint density at radius 2 is 1.91 bits per heavy atom. The quantitative estimate of drug-likeness (QED) is 0.285. The van der Waals surface area contributed by atoms with Crippen molar-refractivity contribution in [2.24, 2.45) is 0 Å². The molecule has 3 heterocycles. The Balaban J connectivity index is 1.50. The maximum atomic E-state index is 12.9. The summed E-state index contributed by atoms with van der Waals surface area (Å²) in [6.07, 6.45) is 1.81. The van der Waals surface area contributed by atoms with E-state index in [1.54, 1.807) is 24.3 Å². The van der Waals surface area contributed by atoms with Gasteiger partial charge in [0.2, 0.25) is 4.96 Å². The highest BCUT2D eigenvalue weighted by atomic mass is 32.1. The third kappa shape index (κ3) is 4.14. The van der Waals surface area contributed by atoms with Gasteiger partial charge >= 0.3 is 0 Å².